The smallest absolute Gasteiger partial charge is 0.261 e. The summed E-state index contributed by atoms with van der Waals surface area (Å²) >= 11 is 6.37. The molecule has 0 bridgehead atoms. The van der Waals surface area contributed by atoms with Crippen molar-refractivity contribution in [2.75, 3.05) is 6.61 Å². The van der Waals surface area contributed by atoms with Crippen LogP contribution in [0.1, 0.15) is 40.7 Å². The molecule has 39 heavy (non-hydrogen) atoms. The molecule has 0 amide bonds. The Morgan fingerprint density at radius 2 is 1.59 bits per heavy atom. The van der Waals surface area contributed by atoms with E-state index in [-0.39, 0.29) is 23.3 Å². The van der Waals surface area contributed by atoms with E-state index in [4.69, 9.17) is 25.5 Å². The highest BCUT2D eigenvalue weighted by Crippen LogP contribution is 2.45. The molecule has 0 N–H and O–H groups in total. The number of hydrogen-bond acceptors (Lipinski definition) is 5. The molecule has 2 aromatic carbocycles. The van der Waals surface area contributed by atoms with Gasteiger partial charge in [-0.15, -0.1) is 0 Å². The van der Waals surface area contributed by atoms with E-state index in [9.17, 15) is 0 Å². The highest BCUT2D eigenvalue weighted by molar-refractivity contribution is 6.99. The summed E-state index contributed by atoms with van der Waals surface area (Å²) in [6.45, 7) is 11.3. The Morgan fingerprint density at radius 3 is 2.21 bits per heavy atom. The lowest BCUT2D eigenvalue weighted by molar-refractivity contribution is -0.148. The molecule has 2 aromatic heterocycles. The van der Waals surface area contributed by atoms with Crippen LogP contribution in [0.5, 0.6) is 0 Å². The van der Waals surface area contributed by atoms with Crippen LogP contribution in [-0.4, -0.2) is 47.5 Å². The van der Waals surface area contributed by atoms with Gasteiger partial charge in [-0.2, -0.15) is 0 Å². The van der Waals surface area contributed by atoms with Gasteiger partial charge in [-0.1, -0.05) is 99.1 Å². The minimum atomic E-state index is -2.72. The first kappa shape index (κ1) is 26.4. The van der Waals surface area contributed by atoms with Gasteiger partial charge in [-0.25, -0.2) is 9.97 Å². The van der Waals surface area contributed by atoms with E-state index in [0.29, 0.717) is 11.8 Å². The van der Waals surface area contributed by atoms with Gasteiger partial charge in [0, 0.05) is 6.20 Å². The van der Waals surface area contributed by atoms with Crippen molar-refractivity contribution in [1.29, 1.82) is 0 Å². The average Bonchev–Trinajstić information content (AvgIpc) is 3.56. The monoisotopic (exact) mass is 559 g/mol. The quantitative estimate of drug-likeness (QED) is 0.173. The van der Waals surface area contributed by atoms with Crippen LogP contribution < -0.4 is 10.4 Å². The fourth-order valence-electron chi connectivity index (χ4n) is 6.24. The second kappa shape index (κ2) is 9.68. The predicted octanol–water partition coefficient (Wildman–Crippen LogP) is 5.66. The maximum absolute atomic E-state index is 7.28. The van der Waals surface area contributed by atoms with E-state index < -0.39 is 14.1 Å². The van der Waals surface area contributed by atoms with Crippen LogP contribution in [0.3, 0.4) is 0 Å². The molecule has 6 rings (SSSR count). The van der Waals surface area contributed by atoms with Gasteiger partial charge >= 0.3 is 0 Å². The molecule has 3 atom stereocenters. The number of ether oxygens (including phenoxy) is 2. The molecule has 202 valence electrons. The van der Waals surface area contributed by atoms with Crippen molar-refractivity contribution < 1.29 is 13.9 Å². The average molecular weight is 560 g/mol. The SMILES string of the molecule is CC1(C)O[C@@H]2[C@H](O1)C(CO[Si](c1ccccc1)(c1ccccc1)C(C)(C)C)=C[C@H]2n1ccc2c(Cl)ncnc21. The summed E-state index contributed by atoms with van der Waals surface area (Å²) in [5.41, 5.74) is 1.86. The third-order valence-corrected chi connectivity index (χ3v) is 13.2. The largest absolute Gasteiger partial charge is 0.403 e. The molecule has 1 aliphatic carbocycles. The van der Waals surface area contributed by atoms with Crippen molar-refractivity contribution in [2.24, 2.45) is 0 Å². The van der Waals surface area contributed by atoms with Gasteiger partial charge in [-0.05, 0) is 40.9 Å². The highest BCUT2D eigenvalue weighted by Gasteiger charge is 2.53. The zero-order chi connectivity index (χ0) is 27.4. The van der Waals surface area contributed by atoms with Crippen molar-refractivity contribution in [3.63, 3.8) is 0 Å². The summed E-state index contributed by atoms with van der Waals surface area (Å²) < 4.78 is 22.3. The molecule has 6 nitrogen and oxygen atoms in total. The van der Waals surface area contributed by atoms with Gasteiger partial charge in [0.05, 0.1) is 18.0 Å². The number of halogens is 1. The van der Waals surface area contributed by atoms with Gasteiger partial charge in [0.1, 0.15) is 29.3 Å². The fraction of sp³-hybridized carbons (Fsp3) is 0.355. The van der Waals surface area contributed by atoms with Gasteiger partial charge in [-0.3, -0.25) is 0 Å². The number of hydrogen-bond donors (Lipinski definition) is 0. The Balaban J connectivity index is 1.42. The topological polar surface area (TPSA) is 58.4 Å². The second-order valence-corrected chi connectivity index (χ2v) is 16.5. The van der Waals surface area contributed by atoms with Gasteiger partial charge in [0.2, 0.25) is 0 Å². The Hall–Kier alpha value is -2.81. The van der Waals surface area contributed by atoms with Gasteiger partial charge < -0.3 is 18.5 Å². The van der Waals surface area contributed by atoms with Crippen molar-refractivity contribution in [3.8, 4) is 0 Å². The number of fused-ring (bicyclic) bond motifs is 2. The highest BCUT2D eigenvalue weighted by atomic mass is 35.5. The van der Waals surface area contributed by atoms with E-state index >= 15 is 0 Å². The number of benzene rings is 2. The molecular weight excluding hydrogens is 526 g/mol. The number of aromatic nitrogens is 3. The maximum Gasteiger partial charge on any atom is 0.261 e. The minimum absolute atomic E-state index is 0.113. The van der Waals surface area contributed by atoms with Crippen molar-refractivity contribution in [2.45, 2.75) is 63.7 Å². The lowest BCUT2D eigenvalue weighted by Gasteiger charge is -2.43. The Morgan fingerprint density at radius 1 is 0.949 bits per heavy atom. The van der Waals surface area contributed by atoms with Crippen LogP contribution in [0, 0.1) is 0 Å². The normalized spacial score (nSPS) is 22.7. The molecule has 4 aromatic rings. The van der Waals surface area contributed by atoms with Crippen LogP contribution >= 0.6 is 11.6 Å². The first-order valence-corrected chi connectivity index (χ1v) is 15.7. The van der Waals surface area contributed by atoms with Crippen molar-refractivity contribution in [3.05, 3.63) is 96.1 Å². The third-order valence-electron chi connectivity index (χ3n) is 7.87. The molecule has 1 fully saturated rings. The summed E-state index contributed by atoms with van der Waals surface area (Å²) in [5.74, 6) is -0.708. The zero-order valence-electron chi connectivity index (χ0n) is 23.0. The van der Waals surface area contributed by atoms with Crippen LogP contribution in [0.15, 0.2) is 90.9 Å². The first-order chi connectivity index (χ1) is 18.6. The minimum Gasteiger partial charge on any atom is -0.403 e. The fourth-order valence-corrected chi connectivity index (χ4v) is 11.0. The van der Waals surface area contributed by atoms with Crippen LogP contribution in [0.4, 0.5) is 0 Å². The maximum atomic E-state index is 7.28. The second-order valence-electron chi connectivity index (χ2n) is 11.8. The van der Waals surface area contributed by atoms with Crippen LogP contribution in [-0.2, 0) is 13.9 Å². The summed E-state index contributed by atoms with van der Waals surface area (Å²) in [7, 11) is -2.72. The Labute approximate surface area is 235 Å². The first-order valence-electron chi connectivity index (χ1n) is 13.4. The molecule has 0 radical (unpaired) electrons. The molecule has 0 unspecified atom stereocenters. The van der Waals surface area contributed by atoms with E-state index in [1.807, 2.05) is 26.1 Å². The molecule has 1 aliphatic heterocycles. The lowest BCUT2D eigenvalue weighted by atomic mass is 10.1. The molecule has 1 saturated heterocycles. The molecule has 2 aliphatic rings. The van der Waals surface area contributed by atoms with E-state index in [0.717, 1.165) is 16.6 Å². The third kappa shape index (κ3) is 4.46. The lowest BCUT2D eigenvalue weighted by Crippen LogP contribution is -2.66. The van der Waals surface area contributed by atoms with E-state index in [2.05, 4.69) is 102 Å². The summed E-state index contributed by atoms with van der Waals surface area (Å²) in [5, 5.41) is 3.64. The summed E-state index contributed by atoms with van der Waals surface area (Å²) in [6, 6.07) is 23.3. The summed E-state index contributed by atoms with van der Waals surface area (Å²) in [4.78, 5) is 8.68. The Kier molecular flexibility index (Phi) is 6.55. The van der Waals surface area contributed by atoms with Crippen molar-refractivity contribution >= 4 is 41.3 Å². The molecule has 8 heteroatoms. The van der Waals surface area contributed by atoms with Crippen LogP contribution in [0.2, 0.25) is 10.2 Å². The van der Waals surface area contributed by atoms with Gasteiger partial charge in [0.15, 0.2) is 5.79 Å². The molecular formula is C31H34ClN3O3Si. The van der Waals surface area contributed by atoms with Crippen molar-refractivity contribution in [1.82, 2.24) is 14.5 Å². The molecule has 0 saturated carbocycles. The number of nitrogens with zero attached hydrogens (tertiary/aromatic N) is 3. The van der Waals surface area contributed by atoms with E-state index in [1.54, 1.807) is 0 Å². The zero-order valence-corrected chi connectivity index (χ0v) is 24.7. The van der Waals surface area contributed by atoms with Crippen LogP contribution in [0.25, 0.3) is 11.0 Å². The van der Waals surface area contributed by atoms with Gasteiger partial charge in [0.25, 0.3) is 8.32 Å². The standard InChI is InChI=1S/C31H34ClN3O3Si/c1-30(2,3)39(22-12-8-6-9-13-22,23-14-10-7-11-15-23)36-19-21-18-25(27-26(21)37-31(4,5)38-27)35-17-16-24-28(32)33-20-34-29(24)35/h6-18,20,25-27H,19H2,1-5H3/t25-,26-,27+/m1/s1. The summed E-state index contributed by atoms with van der Waals surface area (Å²) in [6.07, 6.45) is 5.31. The van der Waals surface area contributed by atoms with E-state index in [1.165, 1.54) is 16.7 Å². The molecule has 3 heterocycles. The predicted molar refractivity (Wildman–Crippen MR) is 157 cm³/mol. The number of rotatable bonds is 6. The molecule has 0 spiro atoms. The Bertz CT molecular complexity index is 1480.